The maximum atomic E-state index is 10.6. The summed E-state index contributed by atoms with van der Waals surface area (Å²) in [6.45, 7) is 0. The summed E-state index contributed by atoms with van der Waals surface area (Å²) in [4.78, 5) is 31.7. The molecule has 0 N–H and O–H groups in total. The monoisotopic (exact) mass is 315 g/mol. The molecule has 0 bridgehead atoms. The van der Waals surface area contributed by atoms with Crippen LogP contribution in [0.15, 0.2) is 0 Å². The first-order chi connectivity index (χ1) is 8.40. The van der Waals surface area contributed by atoms with E-state index in [1.807, 2.05) is 0 Å². The van der Waals surface area contributed by atoms with E-state index in [0.29, 0.717) is 0 Å². The van der Waals surface area contributed by atoms with Crippen LogP contribution < -0.4 is 14.2 Å². The van der Waals surface area contributed by atoms with Gasteiger partial charge in [0.15, 0.2) is 0 Å². The molecule has 0 amide bonds. The van der Waals surface area contributed by atoms with Gasteiger partial charge < -0.3 is 14.2 Å². The van der Waals surface area contributed by atoms with Crippen molar-refractivity contribution in [1.29, 1.82) is 0 Å². The molecule has 96 valence electrons. The van der Waals surface area contributed by atoms with Crippen LogP contribution in [0, 0.1) is 0 Å². The van der Waals surface area contributed by atoms with Crippen LogP contribution in [0.2, 0.25) is 0 Å². The number of ether oxygens (including phenoxy) is 3. The zero-order valence-electron chi connectivity index (χ0n) is 7.93. The third kappa shape index (κ3) is 4.28. The SMILES string of the molecule is O=C(Cl)Oc1nnnc(OC(=O)Cl)c1OC(=O)Cl. The van der Waals surface area contributed by atoms with Crippen molar-refractivity contribution in [2.24, 2.45) is 0 Å². The lowest BCUT2D eigenvalue weighted by Gasteiger charge is -2.07. The molecule has 1 aromatic heterocycles. The molecule has 0 radical (unpaired) electrons. The van der Waals surface area contributed by atoms with Gasteiger partial charge in [-0.1, -0.05) is 10.2 Å². The summed E-state index contributed by atoms with van der Waals surface area (Å²) in [5.41, 5.74) is -3.97. The second kappa shape index (κ2) is 6.28. The van der Waals surface area contributed by atoms with E-state index in [1.165, 1.54) is 0 Å². The standard InChI is InChI=1S/C6Cl3N3O6/c7-4(13)16-1-2(17-5(8)14)10-12-11-3(1)18-6(9)15. The van der Waals surface area contributed by atoms with E-state index < -0.39 is 33.8 Å². The normalized spacial score (nSPS) is 9.50. The highest BCUT2D eigenvalue weighted by molar-refractivity contribution is 6.62. The molecule has 0 fully saturated rings. The van der Waals surface area contributed by atoms with E-state index in [9.17, 15) is 14.4 Å². The van der Waals surface area contributed by atoms with E-state index >= 15 is 0 Å². The lowest BCUT2D eigenvalue weighted by Crippen LogP contribution is -2.10. The van der Waals surface area contributed by atoms with Crippen molar-refractivity contribution < 1.29 is 28.6 Å². The van der Waals surface area contributed by atoms with Gasteiger partial charge in [-0.3, -0.25) is 0 Å². The second-order valence-electron chi connectivity index (χ2n) is 2.25. The first kappa shape index (κ1) is 14.4. The molecular weight excluding hydrogens is 316 g/mol. The van der Waals surface area contributed by atoms with Crippen molar-refractivity contribution in [2.45, 2.75) is 0 Å². The lowest BCUT2D eigenvalue weighted by atomic mass is 10.5. The molecule has 1 aromatic rings. The summed E-state index contributed by atoms with van der Waals surface area (Å²) >= 11 is 14.8. The minimum absolute atomic E-state index is 0.687. The topological polar surface area (TPSA) is 118 Å². The third-order valence-electron chi connectivity index (χ3n) is 1.20. The number of carbonyl (C=O) groups excluding carboxylic acids is 3. The van der Waals surface area contributed by atoms with E-state index in [-0.39, 0.29) is 0 Å². The minimum atomic E-state index is -1.34. The average Bonchev–Trinajstić information content (AvgIpc) is 2.20. The molecule has 1 rings (SSSR count). The maximum absolute atomic E-state index is 10.6. The van der Waals surface area contributed by atoms with Gasteiger partial charge in [-0.05, 0) is 5.21 Å². The van der Waals surface area contributed by atoms with Crippen molar-refractivity contribution >= 4 is 51.1 Å². The van der Waals surface area contributed by atoms with Crippen LogP contribution in [0.25, 0.3) is 0 Å². The van der Waals surface area contributed by atoms with Gasteiger partial charge in [-0.25, -0.2) is 14.4 Å². The van der Waals surface area contributed by atoms with Crippen molar-refractivity contribution in [3.8, 4) is 17.5 Å². The largest absolute Gasteiger partial charge is 0.410 e. The predicted molar refractivity (Wildman–Crippen MR) is 55.5 cm³/mol. The van der Waals surface area contributed by atoms with Gasteiger partial charge in [-0.15, -0.1) is 0 Å². The molecule has 18 heavy (non-hydrogen) atoms. The van der Waals surface area contributed by atoms with Crippen LogP contribution >= 0.6 is 34.8 Å². The predicted octanol–water partition coefficient (Wildman–Crippen LogP) is 2.08. The molecule has 1 heterocycles. The van der Waals surface area contributed by atoms with Crippen LogP contribution in [-0.2, 0) is 0 Å². The van der Waals surface area contributed by atoms with Gasteiger partial charge in [-0.2, -0.15) is 0 Å². The number of hydrogen-bond donors (Lipinski definition) is 0. The fourth-order valence-electron chi connectivity index (χ4n) is 0.739. The molecule has 0 atom stereocenters. The van der Waals surface area contributed by atoms with Crippen molar-refractivity contribution in [3.05, 3.63) is 0 Å². The molecule has 0 saturated carbocycles. The molecule has 0 aliphatic heterocycles. The summed E-state index contributed by atoms with van der Waals surface area (Å²) in [7, 11) is 0. The summed E-state index contributed by atoms with van der Waals surface area (Å²) in [5.74, 6) is -2.06. The van der Waals surface area contributed by atoms with E-state index in [1.54, 1.807) is 0 Å². The molecule has 0 aromatic carbocycles. The van der Waals surface area contributed by atoms with E-state index in [4.69, 9.17) is 34.8 Å². The molecule has 0 spiro atoms. The zero-order chi connectivity index (χ0) is 13.7. The Morgan fingerprint density at radius 2 is 1.17 bits per heavy atom. The van der Waals surface area contributed by atoms with Crippen LogP contribution in [0.5, 0.6) is 17.5 Å². The van der Waals surface area contributed by atoms with Gasteiger partial charge >= 0.3 is 16.3 Å². The summed E-state index contributed by atoms with van der Waals surface area (Å²) in [6.07, 6.45) is 0. The molecule has 12 heteroatoms. The molecule has 0 aliphatic carbocycles. The van der Waals surface area contributed by atoms with Gasteiger partial charge in [0.2, 0.25) is 0 Å². The molecule has 9 nitrogen and oxygen atoms in total. The quantitative estimate of drug-likeness (QED) is 0.772. The van der Waals surface area contributed by atoms with Crippen LogP contribution in [0.3, 0.4) is 0 Å². The number of nitrogens with zero attached hydrogens (tertiary/aromatic N) is 3. The van der Waals surface area contributed by atoms with Crippen LogP contribution in [0.4, 0.5) is 14.4 Å². The fourth-order valence-corrected chi connectivity index (χ4v) is 0.962. The minimum Gasteiger partial charge on any atom is -0.403 e. The smallest absolute Gasteiger partial charge is 0.403 e. The highest BCUT2D eigenvalue weighted by atomic mass is 35.5. The molecular formula is C6Cl3N3O6. The Hall–Kier alpha value is -1.71. The van der Waals surface area contributed by atoms with Gasteiger partial charge in [0.25, 0.3) is 17.5 Å². The van der Waals surface area contributed by atoms with Crippen molar-refractivity contribution in [2.75, 3.05) is 0 Å². The van der Waals surface area contributed by atoms with Crippen molar-refractivity contribution in [1.82, 2.24) is 15.4 Å². The van der Waals surface area contributed by atoms with Gasteiger partial charge in [0.1, 0.15) is 0 Å². The van der Waals surface area contributed by atoms with Crippen LogP contribution in [-0.4, -0.2) is 31.7 Å². The number of carbonyl (C=O) groups is 3. The Labute approximate surface area is 113 Å². The second-order valence-corrected chi connectivity index (χ2v) is 3.17. The average molecular weight is 316 g/mol. The molecule has 0 aliphatic rings. The number of hydrogen-bond acceptors (Lipinski definition) is 9. The Morgan fingerprint density at radius 3 is 1.50 bits per heavy atom. The Kier molecular flexibility index (Phi) is 5.01. The first-order valence-electron chi connectivity index (χ1n) is 3.75. The molecule has 0 saturated heterocycles. The lowest BCUT2D eigenvalue weighted by molar-refractivity contribution is 0.205. The number of halogens is 3. The van der Waals surface area contributed by atoms with Gasteiger partial charge in [0, 0.05) is 34.8 Å². The highest BCUT2D eigenvalue weighted by Crippen LogP contribution is 2.33. The number of aromatic nitrogens is 3. The zero-order valence-corrected chi connectivity index (χ0v) is 10.2. The van der Waals surface area contributed by atoms with E-state index in [2.05, 4.69) is 29.6 Å². The van der Waals surface area contributed by atoms with Gasteiger partial charge in [0.05, 0.1) is 0 Å². The first-order valence-corrected chi connectivity index (χ1v) is 4.89. The highest BCUT2D eigenvalue weighted by Gasteiger charge is 2.23. The molecule has 0 unspecified atom stereocenters. The third-order valence-corrected chi connectivity index (χ3v) is 1.43. The summed E-state index contributed by atoms with van der Waals surface area (Å²) in [5, 5.41) is 9.41. The Bertz CT molecular complexity index is 475. The number of rotatable bonds is 3. The fraction of sp³-hybridized carbons (Fsp3) is 0. The maximum Gasteiger partial charge on any atom is 0.410 e. The summed E-state index contributed by atoms with van der Waals surface area (Å²) in [6, 6.07) is 0. The summed E-state index contributed by atoms with van der Waals surface area (Å²) < 4.78 is 13.0. The Morgan fingerprint density at radius 1 is 0.778 bits per heavy atom. The van der Waals surface area contributed by atoms with Crippen molar-refractivity contribution in [3.63, 3.8) is 0 Å². The van der Waals surface area contributed by atoms with E-state index in [0.717, 1.165) is 0 Å². The van der Waals surface area contributed by atoms with Crippen LogP contribution in [0.1, 0.15) is 0 Å². The Balaban J connectivity index is 3.19.